The molecule has 0 radical (unpaired) electrons. The van der Waals surface area contributed by atoms with Crippen LogP contribution in [0.1, 0.15) is 18.9 Å². The summed E-state index contributed by atoms with van der Waals surface area (Å²) in [6.45, 7) is 3.16. The van der Waals surface area contributed by atoms with Crippen molar-refractivity contribution in [2.24, 2.45) is 0 Å². The van der Waals surface area contributed by atoms with Gasteiger partial charge in [0, 0.05) is 56.2 Å². The predicted molar refractivity (Wildman–Crippen MR) is 141 cm³/mol. The highest BCUT2D eigenvalue weighted by Crippen LogP contribution is 2.39. The van der Waals surface area contributed by atoms with Crippen LogP contribution in [0.15, 0.2) is 47.4 Å². The molecule has 2 saturated heterocycles. The topological polar surface area (TPSA) is 93.6 Å². The van der Waals surface area contributed by atoms with Gasteiger partial charge in [-0.2, -0.15) is 17.5 Å². The summed E-state index contributed by atoms with van der Waals surface area (Å²) in [5.74, 6) is 0. The first-order valence-electron chi connectivity index (χ1n) is 12.4. The molecule has 1 aromatic carbocycles. The Morgan fingerprint density at radius 2 is 1.84 bits per heavy atom. The Kier molecular flexibility index (Phi) is 8.67. The average Bonchev–Trinajstić information content (AvgIpc) is 2.88. The maximum absolute atomic E-state index is 13.5. The van der Waals surface area contributed by atoms with Gasteiger partial charge in [0.2, 0.25) is 10.0 Å². The van der Waals surface area contributed by atoms with Gasteiger partial charge >= 0.3 is 6.18 Å². The second kappa shape index (κ2) is 11.3. The van der Waals surface area contributed by atoms with Crippen LogP contribution in [-0.2, 0) is 20.4 Å². The molecule has 1 aliphatic carbocycles. The van der Waals surface area contributed by atoms with E-state index in [9.17, 15) is 31.8 Å². The second-order valence-corrected chi connectivity index (χ2v) is 12.2. The lowest BCUT2D eigenvalue weighted by Crippen LogP contribution is -2.60. The number of aliphatic hydroxyl groups excluding tert-OH is 1. The third-order valence-electron chi connectivity index (χ3n) is 7.23. The Labute approximate surface area is 226 Å². The Morgan fingerprint density at radius 3 is 2.47 bits per heavy atom. The second-order valence-electron chi connectivity index (χ2n) is 9.85. The summed E-state index contributed by atoms with van der Waals surface area (Å²) in [7, 11) is -3.84. The number of nitrogens with zero attached hydrogens (tertiary/aromatic N) is 3. The van der Waals surface area contributed by atoms with Crippen LogP contribution in [0.5, 0.6) is 0 Å². The molecular formula is C25H32F3N3O5S2. The van der Waals surface area contributed by atoms with Gasteiger partial charge < -0.3 is 19.8 Å². The van der Waals surface area contributed by atoms with Crippen LogP contribution in [0.4, 0.5) is 18.9 Å². The van der Waals surface area contributed by atoms with Crippen LogP contribution in [0.25, 0.3) is 0 Å². The van der Waals surface area contributed by atoms with Crippen LogP contribution in [0.2, 0.25) is 0 Å². The van der Waals surface area contributed by atoms with Gasteiger partial charge in [-0.1, -0.05) is 36.5 Å². The van der Waals surface area contributed by atoms with Gasteiger partial charge in [-0.25, -0.2) is 8.42 Å². The van der Waals surface area contributed by atoms with Crippen LogP contribution in [0.3, 0.4) is 0 Å². The maximum Gasteiger partial charge on any atom is 0.421 e. The summed E-state index contributed by atoms with van der Waals surface area (Å²) < 4.78 is 73.9. The third kappa shape index (κ3) is 5.98. The Bertz CT molecular complexity index is 1190. The Hall–Kier alpha value is -1.87. The highest BCUT2D eigenvalue weighted by atomic mass is 32.2. The molecule has 2 heterocycles. The molecule has 3 aliphatic rings. The number of hydrogen-bond acceptors (Lipinski definition) is 8. The van der Waals surface area contributed by atoms with E-state index in [1.165, 1.54) is 34.6 Å². The van der Waals surface area contributed by atoms with Crippen LogP contribution in [0, 0.1) is 0 Å². The number of morpholine rings is 1. The number of ether oxygens (including phenoxy) is 1. The molecule has 2 fully saturated rings. The third-order valence-corrected chi connectivity index (χ3v) is 9.70. The number of rotatable bonds is 7. The van der Waals surface area contributed by atoms with Gasteiger partial charge in [-0.3, -0.25) is 4.90 Å². The van der Waals surface area contributed by atoms with Crippen molar-refractivity contribution in [2.75, 3.05) is 57.4 Å². The molecule has 0 spiro atoms. The highest BCUT2D eigenvalue weighted by Gasteiger charge is 2.51. The van der Waals surface area contributed by atoms with E-state index in [0.717, 1.165) is 0 Å². The minimum atomic E-state index is -4.83. The first-order valence-corrected chi connectivity index (χ1v) is 14.2. The predicted octanol–water partition coefficient (Wildman–Crippen LogP) is 2.18. The van der Waals surface area contributed by atoms with E-state index in [0.29, 0.717) is 56.7 Å². The molecule has 3 atom stereocenters. The van der Waals surface area contributed by atoms with E-state index >= 15 is 0 Å². The van der Waals surface area contributed by atoms with Crippen molar-refractivity contribution < 1.29 is 36.5 Å². The van der Waals surface area contributed by atoms with Crippen LogP contribution >= 0.6 is 12.2 Å². The van der Waals surface area contributed by atoms with Crippen molar-refractivity contribution in [1.29, 1.82) is 0 Å². The smallest absolute Gasteiger partial charge is 0.394 e. The quantitative estimate of drug-likeness (QED) is 0.478. The number of thiocarbonyl (C=S) groups is 1. The van der Waals surface area contributed by atoms with Gasteiger partial charge in [0.05, 0.1) is 30.3 Å². The number of anilines is 1. The fourth-order valence-corrected chi connectivity index (χ4v) is 7.00. The SMILES string of the molecule is CC(O)(c1ccc(N2CCN(S(=O)(=O)C3=CC=CCC3=S)C[C@H]2CN2CCO[C@H](CO)C2)cc1)C(F)(F)F. The van der Waals surface area contributed by atoms with Gasteiger partial charge in [0.1, 0.15) is 0 Å². The highest BCUT2D eigenvalue weighted by molar-refractivity contribution is 7.96. The van der Waals surface area contributed by atoms with Crippen molar-refractivity contribution >= 4 is 32.8 Å². The van der Waals surface area contributed by atoms with Gasteiger partial charge in [0.25, 0.3) is 0 Å². The molecule has 2 N–H and O–H groups in total. The number of aliphatic hydroxyl groups is 2. The molecule has 1 aromatic rings. The fourth-order valence-electron chi connectivity index (χ4n) is 4.93. The van der Waals surface area contributed by atoms with Gasteiger partial charge in [0.15, 0.2) is 5.60 Å². The molecule has 0 saturated carbocycles. The van der Waals surface area contributed by atoms with Gasteiger partial charge in [-0.05, 0) is 30.7 Å². The largest absolute Gasteiger partial charge is 0.421 e. The summed E-state index contributed by atoms with van der Waals surface area (Å²) in [5.41, 5.74) is -2.65. The molecule has 38 heavy (non-hydrogen) atoms. The molecule has 8 nitrogen and oxygen atoms in total. The summed E-state index contributed by atoms with van der Waals surface area (Å²) in [4.78, 5) is 4.55. The van der Waals surface area contributed by atoms with E-state index in [2.05, 4.69) is 4.90 Å². The lowest BCUT2D eigenvalue weighted by molar-refractivity contribution is -0.258. The minimum absolute atomic E-state index is 0.118. The Morgan fingerprint density at radius 1 is 1.13 bits per heavy atom. The molecule has 13 heteroatoms. The van der Waals surface area contributed by atoms with Crippen LogP contribution in [-0.4, -0.2) is 104 Å². The van der Waals surface area contributed by atoms with E-state index in [1.54, 1.807) is 12.2 Å². The number of benzene rings is 1. The van der Waals surface area contributed by atoms with Gasteiger partial charge in [-0.15, -0.1) is 0 Å². The van der Waals surface area contributed by atoms with Crippen molar-refractivity contribution in [1.82, 2.24) is 9.21 Å². The van der Waals surface area contributed by atoms with Crippen molar-refractivity contribution in [3.05, 3.63) is 53.0 Å². The molecule has 1 unspecified atom stereocenters. The molecule has 2 aliphatic heterocycles. The molecule has 0 aromatic heterocycles. The number of alkyl halides is 3. The fraction of sp³-hybridized carbons (Fsp3) is 0.560. The summed E-state index contributed by atoms with van der Waals surface area (Å²) in [5, 5.41) is 19.6. The monoisotopic (exact) mass is 575 g/mol. The van der Waals surface area contributed by atoms with E-state index in [-0.39, 0.29) is 42.3 Å². The average molecular weight is 576 g/mol. The maximum atomic E-state index is 13.5. The molecule has 4 rings (SSSR count). The first kappa shape index (κ1) is 29.1. The van der Waals surface area contributed by atoms with E-state index < -0.39 is 21.8 Å². The number of allylic oxidation sites excluding steroid dienone is 4. The van der Waals surface area contributed by atoms with E-state index in [1.807, 2.05) is 4.90 Å². The van der Waals surface area contributed by atoms with Crippen molar-refractivity contribution in [2.45, 2.75) is 37.3 Å². The zero-order chi connectivity index (χ0) is 27.7. The first-order chi connectivity index (χ1) is 17.8. The molecular weight excluding hydrogens is 543 g/mol. The normalized spacial score (nSPS) is 25.8. The lowest BCUT2D eigenvalue weighted by atomic mass is 9.95. The van der Waals surface area contributed by atoms with Crippen molar-refractivity contribution in [3.8, 4) is 0 Å². The minimum Gasteiger partial charge on any atom is -0.394 e. The standard InChI is InChI=1S/C25H32F3N3O5S2/c1-24(33,25(26,27)28)18-6-8-19(9-7-18)31-11-10-30(38(34,35)23-5-3-2-4-22(23)37)15-20(31)14-29-12-13-36-21(16-29)17-32/h2-3,5-9,20-21,32-33H,4,10-17H2,1H3/t20-,21+,24?/m1/s1. The van der Waals surface area contributed by atoms with Crippen molar-refractivity contribution in [3.63, 3.8) is 0 Å². The number of halogens is 3. The zero-order valence-electron chi connectivity index (χ0n) is 21.0. The number of hydrogen-bond donors (Lipinski definition) is 2. The number of sulfonamides is 1. The summed E-state index contributed by atoms with van der Waals surface area (Å²) in [6.07, 6.45) is 0.200. The molecule has 0 bridgehead atoms. The zero-order valence-corrected chi connectivity index (χ0v) is 22.6. The molecule has 0 amide bonds. The molecule has 210 valence electrons. The van der Waals surface area contributed by atoms with E-state index in [4.69, 9.17) is 17.0 Å². The van der Waals surface area contributed by atoms with Crippen LogP contribution < -0.4 is 4.90 Å². The number of piperazine rings is 1. The Balaban J connectivity index is 1.60. The summed E-state index contributed by atoms with van der Waals surface area (Å²) >= 11 is 5.32. The lowest BCUT2D eigenvalue weighted by Gasteiger charge is -2.45. The summed E-state index contributed by atoms with van der Waals surface area (Å²) in [6, 6.07) is 5.20.